The molecule has 80 valence electrons. The smallest absolute Gasteiger partial charge is 0.183 e. The molecule has 2 rings (SSSR count). The Bertz CT molecular complexity index is 455. The predicted molar refractivity (Wildman–Crippen MR) is 66.8 cm³/mol. The van der Waals surface area contributed by atoms with Crippen LogP contribution in [0.25, 0.3) is 10.2 Å². The summed E-state index contributed by atoms with van der Waals surface area (Å²) < 4.78 is 1.11. The lowest BCUT2D eigenvalue weighted by Crippen LogP contribution is -2.07. The zero-order valence-corrected chi connectivity index (χ0v) is 9.74. The third-order valence-electron chi connectivity index (χ3n) is 2.01. The summed E-state index contributed by atoms with van der Waals surface area (Å²) in [6, 6.07) is 5.72. The van der Waals surface area contributed by atoms with Gasteiger partial charge in [-0.05, 0) is 31.2 Å². The highest BCUT2D eigenvalue weighted by molar-refractivity contribution is 7.22. The number of hydrogen-bond acceptors (Lipinski definition) is 4. The van der Waals surface area contributed by atoms with Gasteiger partial charge < -0.3 is 11.1 Å². The van der Waals surface area contributed by atoms with E-state index in [0.717, 1.165) is 33.3 Å². The summed E-state index contributed by atoms with van der Waals surface area (Å²) >= 11 is 7.51. The molecule has 5 heteroatoms. The minimum Gasteiger partial charge on any atom is -0.361 e. The molecule has 1 aromatic heterocycles. The number of thiazole rings is 1. The van der Waals surface area contributed by atoms with E-state index in [4.69, 9.17) is 17.3 Å². The van der Waals surface area contributed by atoms with Crippen LogP contribution < -0.4 is 11.1 Å². The number of nitrogens with one attached hydrogen (secondary N) is 1. The fourth-order valence-electron chi connectivity index (χ4n) is 1.27. The van der Waals surface area contributed by atoms with Crippen molar-refractivity contribution in [1.82, 2.24) is 4.98 Å². The van der Waals surface area contributed by atoms with Crippen LogP contribution in [0.15, 0.2) is 18.2 Å². The molecular formula is C10H12ClN3S. The number of nitrogens with two attached hydrogens (primary N) is 1. The Morgan fingerprint density at radius 3 is 3.13 bits per heavy atom. The molecule has 3 nitrogen and oxygen atoms in total. The first kappa shape index (κ1) is 10.7. The Hall–Kier alpha value is -0.840. The molecule has 0 spiro atoms. The lowest BCUT2D eigenvalue weighted by atomic mass is 10.3. The van der Waals surface area contributed by atoms with Crippen molar-refractivity contribution in [2.75, 3.05) is 18.4 Å². The molecule has 0 aliphatic carbocycles. The van der Waals surface area contributed by atoms with Crippen molar-refractivity contribution in [2.24, 2.45) is 5.73 Å². The molecule has 0 aliphatic rings. The highest BCUT2D eigenvalue weighted by atomic mass is 35.5. The molecule has 0 atom stereocenters. The minimum atomic E-state index is 0.698. The average Bonchev–Trinajstić information content (AvgIpc) is 2.60. The fraction of sp³-hybridized carbons (Fsp3) is 0.300. The zero-order chi connectivity index (χ0) is 10.7. The molecule has 3 N–H and O–H groups in total. The highest BCUT2D eigenvalue weighted by Gasteiger charge is 2.02. The van der Waals surface area contributed by atoms with E-state index >= 15 is 0 Å². The summed E-state index contributed by atoms with van der Waals surface area (Å²) in [7, 11) is 0. The average molecular weight is 242 g/mol. The molecular weight excluding hydrogens is 230 g/mol. The van der Waals surface area contributed by atoms with Gasteiger partial charge in [-0.1, -0.05) is 22.9 Å². The fourth-order valence-corrected chi connectivity index (χ4v) is 2.44. The van der Waals surface area contributed by atoms with Crippen molar-refractivity contribution in [3.05, 3.63) is 23.2 Å². The van der Waals surface area contributed by atoms with Crippen LogP contribution in [-0.2, 0) is 0 Å². The second-order valence-corrected chi connectivity index (χ2v) is 4.67. The van der Waals surface area contributed by atoms with Crippen LogP contribution in [-0.4, -0.2) is 18.1 Å². The number of aromatic nitrogens is 1. The summed E-state index contributed by atoms with van der Waals surface area (Å²) in [5.41, 5.74) is 6.40. The van der Waals surface area contributed by atoms with E-state index in [2.05, 4.69) is 10.3 Å². The van der Waals surface area contributed by atoms with Crippen molar-refractivity contribution < 1.29 is 0 Å². The van der Waals surface area contributed by atoms with Gasteiger partial charge in [-0.15, -0.1) is 0 Å². The van der Waals surface area contributed by atoms with Crippen molar-refractivity contribution in [3.63, 3.8) is 0 Å². The van der Waals surface area contributed by atoms with E-state index < -0.39 is 0 Å². The highest BCUT2D eigenvalue weighted by Crippen LogP contribution is 2.28. The predicted octanol–water partition coefficient (Wildman–Crippen LogP) is 2.71. The van der Waals surface area contributed by atoms with Gasteiger partial charge in [0.25, 0.3) is 0 Å². The maximum atomic E-state index is 5.90. The Balaban J connectivity index is 2.16. The molecule has 1 aromatic carbocycles. The SMILES string of the molecule is NCCCNc1nc2ccc(Cl)cc2s1. The molecule has 15 heavy (non-hydrogen) atoms. The number of benzene rings is 1. The van der Waals surface area contributed by atoms with Gasteiger partial charge in [0.05, 0.1) is 10.2 Å². The lowest BCUT2D eigenvalue weighted by Gasteiger charge is -1.98. The second-order valence-electron chi connectivity index (χ2n) is 3.20. The van der Waals surface area contributed by atoms with E-state index in [0.29, 0.717) is 6.54 Å². The van der Waals surface area contributed by atoms with Crippen molar-refractivity contribution in [1.29, 1.82) is 0 Å². The Morgan fingerprint density at radius 1 is 1.47 bits per heavy atom. The van der Waals surface area contributed by atoms with Gasteiger partial charge in [0.15, 0.2) is 5.13 Å². The molecule has 0 fully saturated rings. The third kappa shape index (κ3) is 2.59. The maximum absolute atomic E-state index is 5.90. The van der Waals surface area contributed by atoms with Gasteiger partial charge in [-0.2, -0.15) is 0 Å². The van der Waals surface area contributed by atoms with Crippen LogP contribution in [0, 0.1) is 0 Å². The molecule has 0 bridgehead atoms. The van der Waals surface area contributed by atoms with Crippen molar-refractivity contribution >= 4 is 38.3 Å². The van der Waals surface area contributed by atoms with Crippen LogP contribution in [0.3, 0.4) is 0 Å². The van der Waals surface area contributed by atoms with Gasteiger partial charge in [-0.3, -0.25) is 0 Å². The standard InChI is InChI=1S/C10H12ClN3S/c11-7-2-3-8-9(6-7)15-10(14-8)13-5-1-4-12/h2-3,6H,1,4-5,12H2,(H,13,14). The van der Waals surface area contributed by atoms with E-state index in [9.17, 15) is 0 Å². The Morgan fingerprint density at radius 2 is 2.33 bits per heavy atom. The number of anilines is 1. The molecule has 1 heterocycles. The van der Waals surface area contributed by atoms with Crippen molar-refractivity contribution in [2.45, 2.75) is 6.42 Å². The van der Waals surface area contributed by atoms with E-state index in [-0.39, 0.29) is 0 Å². The van der Waals surface area contributed by atoms with Crippen LogP contribution >= 0.6 is 22.9 Å². The van der Waals surface area contributed by atoms with Crippen LogP contribution in [0.5, 0.6) is 0 Å². The number of nitrogens with zero attached hydrogens (tertiary/aromatic N) is 1. The van der Waals surface area contributed by atoms with Crippen molar-refractivity contribution in [3.8, 4) is 0 Å². The minimum absolute atomic E-state index is 0.698. The van der Waals surface area contributed by atoms with Gasteiger partial charge in [0.1, 0.15) is 0 Å². The third-order valence-corrected chi connectivity index (χ3v) is 3.22. The Kier molecular flexibility index (Phi) is 3.41. The summed E-state index contributed by atoms with van der Waals surface area (Å²) in [6.45, 7) is 1.56. The molecule has 0 unspecified atom stereocenters. The largest absolute Gasteiger partial charge is 0.361 e. The quantitative estimate of drug-likeness (QED) is 0.810. The van der Waals surface area contributed by atoms with Crippen LogP contribution in [0.2, 0.25) is 5.02 Å². The summed E-state index contributed by atoms with van der Waals surface area (Å²) in [4.78, 5) is 4.43. The van der Waals surface area contributed by atoms with E-state index in [1.165, 1.54) is 0 Å². The second kappa shape index (κ2) is 4.79. The van der Waals surface area contributed by atoms with E-state index in [1.807, 2.05) is 18.2 Å². The first-order chi connectivity index (χ1) is 7.29. The van der Waals surface area contributed by atoms with Gasteiger partial charge in [0, 0.05) is 11.6 Å². The van der Waals surface area contributed by atoms with Gasteiger partial charge in [0.2, 0.25) is 0 Å². The summed E-state index contributed by atoms with van der Waals surface area (Å²) in [5, 5.41) is 4.92. The molecule has 0 radical (unpaired) electrons. The lowest BCUT2D eigenvalue weighted by molar-refractivity contribution is 0.873. The normalized spacial score (nSPS) is 10.8. The summed E-state index contributed by atoms with van der Waals surface area (Å²) in [5.74, 6) is 0. The van der Waals surface area contributed by atoms with Gasteiger partial charge in [-0.25, -0.2) is 4.98 Å². The topological polar surface area (TPSA) is 50.9 Å². The first-order valence-corrected chi connectivity index (χ1v) is 5.99. The monoisotopic (exact) mass is 241 g/mol. The van der Waals surface area contributed by atoms with Gasteiger partial charge >= 0.3 is 0 Å². The molecule has 0 saturated heterocycles. The number of rotatable bonds is 4. The summed E-state index contributed by atoms with van der Waals surface area (Å²) in [6.07, 6.45) is 0.955. The number of fused-ring (bicyclic) bond motifs is 1. The van der Waals surface area contributed by atoms with E-state index in [1.54, 1.807) is 11.3 Å². The first-order valence-electron chi connectivity index (χ1n) is 4.79. The number of halogens is 1. The maximum Gasteiger partial charge on any atom is 0.183 e. The van der Waals surface area contributed by atoms with Crippen LogP contribution in [0.4, 0.5) is 5.13 Å². The molecule has 0 saturated carbocycles. The Labute approximate surface area is 97.3 Å². The molecule has 0 amide bonds. The van der Waals surface area contributed by atoms with Crippen LogP contribution in [0.1, 0.15) is 6.42 Å². The molecule has 0 aliphatic heterocycles. The number of hydrogen-bond donors (Lipinski definition) is 2. The zero-order valence-electron chi connectivity index (χ0n) is 8.16. The molecule has 2 aromatic rings.